The summed E-state index contributed by atoms with van der Waals surface area (Å²) in [6.07, 6.45) is 3.11. The van der Waals surface area contributed by atoms with Crippen molar-refractivity contribution in [1.29, 1.82) is 0 Å². The van der Waals surface area contributed by atoms with Gasteiger partial charge in [0.05, 0.1) is 18.5 Å². The number of pyridine rings is 1. The van der Waals surface area contributed by atoms with Crippen LogP contribution >= 0.6 is 41.7 Å². The van der Waals surface area contributed by atoms with Crippen molar-refractivity contribution in [3.63, 3.8) is 0 Å². The van der Waals surface area contributed by atoms with Gasteiger partial charge in [0, 0.05) is 24.3 Å². The molecule has 0 spiro atoms. The largest absolute Gasteiger partial charge is 0.473 e. The molecule has 0 fully saturated rings. The molecule has 1 amide bonds. The third-order valence-electron chi connectivity index (χ3n) is 4.02. The van der Waals surface area contributed by atoms with E-state index in [1.807, 2.05) is 11.5 Å². The van der Waals surface area contributed by atoms with Crippen LogP contribution < -0.4 is 10.1 Å². The van der Waals surface area contributed by atoms with Crippen LogP contribution in [0.25, 0.3) is 11.0 Å². The van der Waals surface area contributed by atoms with Gasteiger partial charge < -0.3 is 19.4 Å². The molecule has 2 aromatic rings. The summed E-state index contributed by atoms with van der Waals surface area (Å²) in [6.45, 7) is 5.58. The number of amides is 1. The number of carbonyl (C=O) groups is 1. The Morgan fingerprint density at radius 1 is 1.54 bits per heavy atom. The normalized spacial score (nSPS) is 13.5. The predicted octanol–water partition coefficient (Wildman–Crippen LogP) is 3.68. The van der Waals surface area contributed by atoms with Crippen LogP contribution in [0.2, 0.25) is 5.15 Å². The molecule has 0 aliphatic rings. The van der Waals surface area contributed by atoms with E-state index in [9.17, 15) is 4.79 Å². The Labute approximate surface area is 174 Å². The SMILES string of the molecule is CCC(CNC=O)C(C)Oc1nc(Cl)cc2ncn(COCCSI)c12. The number of carbonyl (C=O) groups excluding carboxylic acids is 1. The first-order valence-electron chi connectivity index (χ1n) is 8.27. The summed E-state index contributed by atoms with van der Waals surface area (Å²) in [6, 6.07) is 1.71. The van der Waals surface area contributed by atoms with Gasteiger partial charge in [0.15, 0.2) is 0 Å². The van der Waals surface area contributed by atoms with Crippen molar-refractivity contribution in [2.75, 3.05) is 18.9 Å². The highest BCUT2D eigenvalue weighted by atomic mass is 127. The molecule has 0 aliphatic heterocycles. The van der Waals surface area contributed by atoms with Crippen LogP contribution in [0, 0.1) is 5.92 Å². The highest BCUT2D eigenvalue weighted by Crippen LogP contribution is 2.28. The number of halogens is 2. The van der Waals surface area contributed by atoms with E-state index in [-0.39, 0.29) is 12.0 Å². The highest BCUT2D eigenvalue weighted by Gasteiger charge is 2.21. The van der Waals surface area contributed by atoms with E-state index in [1.165, 1.54) is 0 Å². The minimum absolute atomic E-state index is 0.152. The summed E-state index contributed by atoms with van der Waals surface area (Å²) < 4.78 is 13.6. The third-order valence-corrected chi connectivity index (χ3v) is 5.85. The molecule has 0 radical (unpaired) electrons. The smallest absolute Gasteiger partial charge is 0.242 e. The first kappa shape index (κ1) is 21.5. The number of nitrogens with zero attached hydrogens (tertiary/aromatic N) is 3. The molecule has 26 heavy (non-hydrogen) atoms. The number of fused-ring (bicyclic) bond motifs is 1. The lowest BCUT2D eigenvalue weighted by Crippen LogP contribution is -2.32. The minimum atomic E-state index is -0.152. The molecule has 1 N–H and O–H groups in total. The maximum atomic E-state index is 10.6. The Kier molecular flexibility index (Phi) is 9.23. The number of ether oxygens (including phenoxy) is 2. The van der Waals surface area contributed by atoms with E-state index in [0.717, 1.165) is 17.7 Å². The topological polar surface area (TPSA) is 78.3 Å². The van der Waals surface area contributed by atoms with E-state index in [0.29, 0.717) is 42.8 Å². The number of hydrogen-bond donors (Lipinski definition) is 1. The Morgan fingerprint density at radius 2 is 2.35 bits per heavy atom. The van der Waals surface area contributed by atoms with Crippen molar-refractivity contribution >= 4 is 59.2 Å². The van der Waals surface area contributed by atoms with Crippen LogP contribution in [0.15, 0.2) is 12.4 Å². The van der Waals surface area contributed by atoms with E-state index in [2.05, 4.69) is 43.4 Å². The molecular weight excluding hydrogens is 491 g/mol. The monoisotopic (exact) mass is 512 g/mol. The van der Waals surface area contributed by atoms with E-state index >= 15 is 0 Å². The molecule has 10 heteroatoms. The first-order chi connectivity index (χ1) is 12.6. The van der Waals surface area contributed by atoms with Crippen molar-refractivity contribution in [3.05, 3.63) is 17.5 Å². The summed E-state index contributed by atoms with van der Waals surface area (Å²) in [7, 11) is 1.70. The molecule has 0 bridgehead atoms. The van der Waals surface area contributed by atoms with Crippen molar-refractivity contribution in [1.82, 2.24) is 19.9 Å². The number of imidazole rings is 1. The summed E-state index contributed by atoms with van der Waals surface area (Å²) >= 11 is 8.37. The fourth-order valence-electron chi connectivity index (χ4n) is 2.58. The van der Waals surface area contributed by atoms with Gasteiger partial charge in [0.25, 0.3) is 0 Å². The second kappa shape index (κ2) is 11.2. The fraction of sp³-hybridized carbons (Fsp3) is 0.562. The number of nitrogens with one attached hydrogen (secondary N) is 1. The second-order valence-corrected chi connectivity index (χ2v) is 8.58. The Hall–Kier alpha value is -0.780. The zero-order chi connectivity index (χ0) is 18.9. The zero-order valence-electron chi connectivity index (χ0n) is 14.7. The van der Waals surface area contributed by atoms with Crippen LogP contribution in [0.1, 0.15) is 20.3 Å². The number of rotatable bonds is 12. The summed E-state index contributed by atoms with van der Waals surface area (Å²) in [5.41, 5.74) is 1.46. The lowest BCUT2D eigenvalue weighted by Gasteiger charge is -2.23. The Bertz CT molecular complexity index is 718. The molecule has 2 aromatic heterocycles. The molecule has 0 saturated heterocycles. The molecule has 0 aliphatic carbocycles. The predicted molar refractivity (Wildman–Crippen MR) is 113 cm³/mol. The van der Waals surface area contributed by atoms with Gasteiger partial charge in [-0.2, -0.15) is 4.98 Å². The molecule has 144 valence electrons. The maximum absolute atomic E-state index is 10.6. The van der Waals surface area contributed by atoms with Crippen molar-refractivity contribution in [2.45, 2.75) is 33.1 Å². The lowest BCUT2D eigenvalue weighted by atomic mass is 10.0. The van der Waals surface area contributed by atoms with Crippen molar-refractivity contribution < 1.29 is 14.3 Å². The third kappa shape index (κ3) is 5.86. The van der Waals surface area contributed by atoms with Gasteiger partial charge in [-0.1, -0.05) is 27.5 Å². The van der Waals surface area contributed by atoms with E-state index < -0.39 is 0 Å². The summed E-state index contributed by atoms with van der Waals surface area (Å²) in [5.74, 6) is 1.50. The Morgan fingerprint density at radius 3 is 3.04 bits per heavy atom. The highest BCUT2D eigenvalue weighted by molar-refractivity contribution is 14.2. The van der Waals surface area contributed by atoms with Crippen LogP contribution in [0.4, 0.5) is 0 Å². The van der Waals surface area contributed by atoms with Gasteiger partial charge in [-0.3, -0.25) is 4.79 Å². The summed E-state index contributed by atoms with van der Waals surface area (Å²) in [5, 5.41) is 3.04. The van der Waals surface area contributed by atoms with Crippen LogP contribution in [0.5, 0.6) is 5.88 Å². The quantitative estimate of drug-likeness (QED) is 0.202. The second-order valence-electron chi connectivity index (χ2n) is 5.70. The zero-order valence-corrected chi connectivity index (χ0v) is 18.4. The van der Waals surface area contributed by atoms with Crippen LogP contribution in [0.3, 0.4) is 0 Å². The Balaban J connectivity index is 2.21. The molecule has 2 unspecified atom stereocenters. The number of hydrogen-bond acceptors (Lipinski definition) is 6. The standard InChI is InChI=1S/C16H22ClIN4O3S/c1-3-12(7-19-9-23)11(2)25-16-15-13(6-14(17)21-16)20-8-22(15)10-24-4-5-26-18/h6,8-9,11-12H,3-5,7,10H2,1-2H3,(H,19,23). The van der Waals surface area contributed by atoms with Crippen molar-refractivity contribution in [2.24, 2.45) is 5.92 Å². The maximum Gasteiger partial charge on any atom is 0.242 e. The van der Waals surface area contributed by atoms with Crippen LogP contribution in [-0.4, -0.2) is 46.0 Å². The molecule has 0 saturated carbocycles. The molecule has 2 rings (SSSR count). The van der Waals surface area contributed by atoms with Gasteiger partial charge in [-0.25, -0.2) is 4.98 Å². The van der Waals surface area contributed by atoms with Gasteiger partial charge in [-0.15, -0.1) is 0 Å². The fourth-order valence-corrected chi connectivity index (χ4v) is 3.48. The molecule has 0 aromatic carbocycles. The van der Waals surface area contributed by atoms with Gasteiger partial charge in [0.2, 0.25) is 12.3 Å². The van der Waals surface area contributed by atoms with Gasteiger partial charge >= 0.3 is 0 Å². The van der Waals surface area contributed by atoms with Gasteiger partial charge in [0.1, 0.15) is 23.5 Å². The minimum Gasteiger partial charge on any atom is -0.473 e. The van der Waals surface area contributed by atoms with E-state index in [4.69, 9.17) is 21.1 Å². The van der Waals surface area contributed by atoms with Crippen LogP contribution in [-0.2, 0) is 16.3 Å². The average molecular weight is 513 g/mol. The first-order valence-corrected chi connectivity index (χ1v) is 12.2. The summed E-state index contributed by atoms with van der Waals surface area (Å²) in [4.78, 5) is 19.3. The number of aromatic nitrogens is 3. The average Bonchev–Trinajstić information content (AvgIpc) is 3.02. The van der Waals surface area contributed by atoms with E-state index in [1.54, 1.807) is 21.3 Å². The van der Waals surface area contributed by atoms with Crippen molar-refractivity contribution in [3.8, 4) is 5.88 Å². The molecule has 2 heterocycles. The molecule has 2 atom stereocenters. The molecule has 7 nitrogen and oxygen atoms in total. The lowest BCUT2D eigenvalue weighted by molar-refractivity contribution is -0.109. The van der Waals surface area contributed by atoms with Gasteiger partial charge in [-0.05, 0) is 34.6 Å². The molecular formula is C16H22ClIN4O3S.